The summed E-state index contributed by atoms with van der Waals surface area (Å²) in [5, 5.41) is 0. The van der Waals surface area contributed by atoms with E-state index in [-0.39, 0.29) is 0 Å². The van der Waals surface area contributed by atoms with Crippen molar-refractivity contribution in [3.05, 3.63) is 27.6 Å². The van der Waals surface area contributed by atoms with Crippen molar-refractivity contribution in [1.29, 1.82) is 0 Å². The van der Waals surface area contributed by atoms with Crippen LogP contribution in [-0.2, 0) is 0 Å². The minimum atomic E-state index is 0.787. The number of hydrogen-bond acceptors (Lipinski definition) is 1. The van der Waals surface area contributed by atoms with Gasteiger partial charge in [-0.05, 0) is 47.6 Å². The lowest BCUT2D eigenvalue weighted by Gasteiger charge is -1.95. The number of hydrogen-bond donors (Lipinski definition) is 0. The standard InChI is InChI=1S/C8H8IN/c9-8-3-1-2-7(10-8)6-4-5-6/h1-3,6H,4-5H2. The van der Waals surface area contributed by atoms with Crippen molar-refractivity contribution in [1.82, 2.24) is 4.98 Å². The Bertz CT molecular complexity index is 243. The second-order valence-electron chi connectivity index (χ2n) is 2.66. The summed E-state index contributed by atoms with van der Waals surface area (Å²) in [4.78, 5) is 4.42. The quantitative estimate of drug-likeness (QED) is 0.547. The number of rotatable bonds is 1. The summed E-state index contributed by atoms with van der Waals surface area (Å²) in [6.45, 7) is 0. The molecule has 0 saturated heterocycles. The minimum Gasteiger partial charge on any atom is -0.247 e. The third-order valence-corrected chi connectivity index (χ3v) is 2.33. The van der Waals surface area contributed by atoms with Gasteiger partial charge in [-0.1, -0.05) is 6.07 Å². The monoisotopic (exact) mass is 245 g/mol. The van der Waals surface area contributed by atoms with Gasteiger partial charge in [0.25, 0.3) is 0 Å². The Morgan fingerprint density at radius 3 is 2.80 bits per heavy atom. The van der Waals surface area contributed by atoms with Crippen molar-refractivity contribution in [2.24, 2.45) is 0 Å². The highest BCUT2D eigenvalue weighted by atomic mass is 127. The summed E-state index contributed by atoms with van der Waals surface area (Å²) in [5.74, 6) is 0.787. The van der Waals surface area contributed by atoms with Crippen LogP contribution in [0.1, 0.15) is 24.5 Å². The normalized spacial score (nSPS) is 17.3. The molecule has 0 radical (unpaired) electrons. The molecule has 0 bridgehead atoms. The van der Waals surface area contributed by atoms with Crippen LogP contribution < -0.4 is 0 Å². The van der Waals surface area contributed by atoms with Crippen LogP contribution in [-0.4, -0.2) is 4.98 Å². The van der Waals surface area contributed by atoms with Gasteiger partial charge in [-0.3, -0.25) is 0 Å². The van der Waals surface area contributed by atoms with Gasteiger partial charge in [-0.25, -0.2) is 4.98 Å². The maximum Gasteiger partial charge on any atom is 0.101 e. The van der Waals surface area contributed by atoms with Crippen LogP contribution in [0.5, 0.6) is 0 Å². The first-order chi connectivity index (χ1) is 4.86. The van der Waals surface area contributed by atoms with Gasteiger partial charge in [-0.15, -0.1) is 0 Å². The largest absolute Gasteiger partial charge is 0.247 e. The molecule has 1 heterocycles. The summed E-state index contributed by atoms with van der Waals surface area (Å²) in [6.07, 6.45) is 2.68. The lowest BCUT2D eigenvalue weighted by atomic mass is 10.3. The molecule has 10 heavy (non-hydrogen) atoms. The highest BCUT2D eigenvalue weighted by molar-refractivity contribution is 14.1. The fourth-order valence-electron chi connectivity index (χ4n) is 1.03. The van der Waals surface area contributed by atoms with Gasteiger partial charge in [0.1, 0.15) is 3.70 Å². The number of nitrogens with zero attached hydrogens (tertiary/aromatic N) is 1. The van der Waals surface area contributed by atoms with Crippen molar-refractivity contribution in [2.75, 3.05) is 0 Å². The van der Waals surface area contributed by atoms with E-state index in [0.717, 1.165) is 9.62 Å². The Balaban J connectivity index is 2.32. The third-order valence-electron chi connectivity index (χ3n) is 1.73. The summed E-state index contributed by atoms with van der Waals surface area (Å²) in [6, 6.07) is 6.24. The molecule has 0 spiro atoms. The van der Waals surface area contributed by atoms with Crippen LogP contribution in [0.15, 0.2) is 18.2 Å². The molecule has 0 N–H and O–H groups in total. The van der Waals surface area contributed by atoms with Gasteiger partial charge < -0.3 is 0 Å². The molecule has 1 aliphatic rings. The Morgan fingerprint density at radius 2 is 2.20 bits per heavy atom. The highest BCUT2D eigenvalue weighted by Crippen LogP contribution is 2.38. The maximum absolute atomic E-state index is 4.42. The van der Waals surface area contributed by atoms with Crippen LogP contribution in [0, 0.1) is 3.70 Å². The molecule has 0 aliphatic heterocycles. The number of aromatic nitrogens is 1. The molecular weight excluding hydrogens is 237 g/mol. The third kappa shape index (κ3) is 1.31. The number of halogens is 1. The van der Waals surface area contributed by atoms with E-state index in [9.17, 15) is 0 Å². The molecule has 1 aliphatic carbocycles. The Morgan fingerprint density at radius 1 is 1.40 bits per heavy atom. The maximum atomic E-state index is 4.42. The molecule has 0 unspecified atom stereocenters. The molecule has 0 aromatic carbocycles. The Hall–Kier alpha value is -0.120. The van der Waals surface area contributed by atoms with Crippen molar-refractivity contribution >= 4 is 22.6 Å². The second-order valence-corrected chi connectivity index (χ2v) is 3.76. The molecule has 1 fully saturated rings. The highest BCUT2D eigenvalue weighted by Gasteiger charge is 2.24. The van der Waals surface area contributed by atoms with E-state index in [2.05, 4.69) is 39.7 Å². The van der Waals surface area contributed by atoms with Gasteiger partial charge in [0, 0.05) is 11.6 Å². The molecule has 1 nitrogen and oxygen atoms in total. The van der Waals surface area contributed by atoms with Crippen molar-refractivity contribution in [2.45, 2.75) is 18.8 Å². The predicted molar refractivity (Wildman–Crippen MR) is 48.9 cm³/mol. The summed E-state index contributed by atoms with van der Waals surface area (Å²) in [7, 11) is 0. The second kappa shape index (κ2) is 2.49. The van der Waals surface area contributed by atoms with E-state index in [1.165, 1.54) is 18.5 Å². The first-order valence-electron chi connectivity index (χ1n) is 3.49. The van der Waals surface area contributed by atoms with Crippen LogP contribution in [0.2, 0.25) is 0 Å². The Kier molecular flexibility index (Phi) is 1.64. The zero-order valence-corrected chi connectivity index (χ0v) is 7.71. The summed E-state index contributed by atoms with van der Waals surface area (Å²) < 4.78 is 1.11. The molecule has 1 aromatic rings. The van der Waals surface area contributed by atoms with Gasteiger partial charge in [0.15, 0.2) is 0 Å². The molecule has 52 valence electrons. The summed E-state index contributed by atoms with van der Waals surface area (Å²) >= 11 is 2.26. The van der Waals surface area contributed by atoms with E-state index >= 15 is 0 Å². The lowest BCUT2D eigenvalue weighted by Crippen LogP contribution is -1.86. The number of pyridine rings is 1. The first-order valence-corrected chi connectivity index (χ1v) is 4.56. The minimum absolute atomic E-state index is 0.787. The molecule has 0 amide bonds. The SMILES string of the molecule is Ic1cccc(C2CC2)n1. The van der Waals surface area contributed by atoms with Gasteiger partial charge >= 0.3 is 0 Å². The molecule has 1 saturated carbocycles. The van der Waals surface area contributed by atoms with Crippen molar-refractivity contribution < 1.29 is 0 Å². The fourth-order valence-corrected chi connectivity index (χ4v) is 1.52. The van der Waals surface area contributed by atoms with E-state index in [0.29, 0.717) is 0 Å². The van der Waals surface area contributed by atoms with E-state index < -0.39 is 0 Å². The molecule has 0 atom stereocenters. The van der Waals surface area contributed by atoms with Crippen LogP contribution in [0.4, 0.5) is 0 Å². The van der Waals surface area contributed by atoms with Gasteiger partial charge in [0.05, 0.1) is 0 Å². The Labute approximate surface area is 74.0 Å². The fraction of sp³-hybridized carbons (Fsp3) is 0.375. The lowest BCUT2D eigenvalue weighted by molar-refractivity contribution is 1.01. The zero-order valence-electron chi connectivity index (χ0n) is 5.55. The van der Waals surface area contributed by atoms with E-state index in [1.807, 2.05) is 6.07 Å². The predicted octanol–water partition coefficient (Wildman–Crippen LogP) is 2.56. The smallest absolute Gasteiger partial charge is 0.101 e. The average Bonchev–Trinajstić information content (AvgIpc) is 2.68. The topological polar surface area (TPSA) is 12.9 Å². The average molecular weight is 245 g/mol. The molecule has 2 rings (SSSR count). The first kappa shape index (κ1) is 6.58. The van der Waals surface area contributed by atoms with E-state index in [4.69, 9.17) is 0 Å². The van der Waals surface area contributed by atoms with E-state index in [1.54, 1.807) is 0 Å². The van der Waals surface area contributed by atoms with Crippen LogP contribution in [0.3, 0.4) is 0 Å². The van der Waals surface area contributed by atoms with Crippen molar-refractivity contribution in [3.63, 3.8) is 0 Å². The van der Waals surface area contributed by atoms with Gasteiger partial charge in [-0.2, -0.15) is 0 Å². The van der Waals surface area contributed by atoms with Crippen molar-refractivity contribution in [3.8, 4) is 0 Å². The zero-order chi connectivity index (χ0) is 6.97. The molecule has 1 aromatic heterocycles. The van der Waals surface area contributed by atoms with Crippen LogP contribution in [0.25, 0.3) is 0 Å². The van der Waals surface area contributed by atoms with Gasteiger partial charge in [0.2, 0.25) is 0 Å². The van der Waals surface area contributed by atoms with Crippen LogP contribution >= 0.6 is 22.6 Å². The molecule has 2 heteroatoms. The molecular formula is C8H8IN. The summed E-state index contributed by atoms with van der Waals surface area (Å²) in [5.41, 5.74) is 1.28.